The van der Waals surface area contributed by atoms with Crippen LogP contribution in [0.5, 0.6) is 0 Å². The molecular formula is C32H19N5S. The van der Waals surface area contributed by atoms with Crippen LogP contribution in [0, 0.1) is 0 Å². The van der Waals surface area contributed by atoms with E-state index < -0.39 is 0 Å². The van der Waals surface area contributed by atoms with Gasteiger partial charge in [0.2, 0.25) is 5.95 Å². The van der Waals surface area contributed by atoms with Gasteiger partial charge in [0.1, 0.15) is 4.83 Å². The molecule has 0 aliphatic heterocycles. The fourth-order valence-corrected chi connectivity index (χ4v) is 6.33. The van der Waals surface area contributed by atoms with E-state index in [9.17, 15) is 0 Å². The largest absolute Gasteiger partial charge is 0.278 e. The highest BCUT2D eigenvalue weighted by Crippen LogP contribution is 2.42. The lowest BCUT2D eigenvalue weighted by molar-refractivity contribution is 0.953. The summed E-state index contributed by atoms with van der Waals surface area (Å²) in [6.45, 7) is 0. The highest BCUT2D eigenvalue weighted by molar-refractivity contribution is 7.25. The van der Waals surface area contributed by atoms with E-state index in [1.54, 1.807) is 11.3 Å². The maximum atomic E-state index is 5.03. The summed E-state index contributed by atoms with van der Waals surface area (Å²) in [7, 11) is 0. The summed E-state index contributed by atoms with van der Waals surface area (Å²) in [6, 6.07) is 37.2. The first kappa shape index (κ1) is 21.2. The van der Waals surface area contributed by atoms with Gasteiger partial charge in [0.15, 0.2) is 11.6 Å². The molecule has 0 fully saturated rings. The first-order chi connectivity index (χ1) is 18.8. The molecule has 0 amide bonds. The van der Waals surface area contributed by atoms with E-state index in [4.69, 9.17) is 15.0 Å². The van der Waals surface area contributed by atoms with Gasteiger partial charge in [-0.3, -0.25) is 4.57 Å². The number of hydrogen-bond acceptors (Lipinski definition) is 5. The molecule has 8 aromatic rings. The number of rotatable bonds is 3. The lowest BCUT2D eigenvalue weighted by atomic mass is 10.1. The average Bonchev–Trinajstić information content (AvgIpc) is 3.53. The van der Waals surface area contributed by atoms with E-state index in [0.717, 1.165) is 27.0 Å². The zero-order valence-corrected chi connectivity index (χ0v) is 20.9. The molecule has 4 aromatic heterocycles. The van der Waals surface area contributed by atoms with Crippen LogP contribution in [-0.2, 0) is 0 Å². The van der Waals surface area contributed by atoms with Crippen LogP contribution in [0.1, 0.15) is 0 Å². The minimum atomic E-state index is 0.598. The highest BCUT2D eigenvalue weighted by Gasteiger charge is 2.20. The molecule has 0 aliphatic rings. The SMILES string of the molecule is c1ccc(-c2nc(-c3ccccc3)nc(-n3c4ccccc4c4c5c(ccc43)sc3ncccc35)n2)cc1. The molecule has 6 heteroatoms. The van der Waals surface area contributed by atoms with Crippen LogP contribution in [0.4, 0.5) is 0 Å². The van der Waals surface area contributed by atoms with E-state index in [1.165, 1.54) is 26.2 Å². The number of aromatic nitrogens is 5. The number of para-hydroxylation sites is 1. The molecule has 4 aromatic carbocycles. The Morgan fingerprint density at radius 1 is 0.526 bits per heavy atom. The molecule has 0 N–H and O–H groups in total. The molecule has 0 aliphatic carbocycles. The van der Waals surface area contributed by atoms with Crippen molar-refractivity contribution in [3.05, 3.63) is 115 Å². The number of thiophene rings is 1. The summed E-state index contributed by atoms with van der Waals surface area (Å²) >= 11 is 1.73. The van der Waals surface area contributed by atoms with Crippen molar-refractivity contribution in [1.29, 1.82) is 0 Å². The summed E-state index contributed by atoms with van der Waals surface area (Å²) < 4.78 is 3.39. The average molecular weight is 506 g/mol. The van der Waals surface area contributed by atoms with Crippen molar-refractivity contribution < 1.29 is 0 Å². The maximum absolute atomic E-state index is 5.03. The van der Waals surface area contributed by atoms with Crippen molar-refractivity contribution in [2.24, 2.45) is 0 Å². The first-order valence-electron chi connectivity index (χ1n) is 12.4. The molecule has 0 unspecified atom stereocenters. The Bertz CT molecular complexity index is 2070. The van der Waals surface area contributed by atoms with Gasteiger partial charge in [-0.1, -0.05) is 78.9 Å². The lowest BCUT2D eigenvalue weighted by Crippen LogP contribution is -2.06. The quantitative estimate of drug-likeness (QED) is 0.244. The van der Waals surface area contributed by atoms with Crippen molar-refractivity contribution in [3.63, 3.8) is 0 Å². The highest BCUT2D eigenvalue weighted by atomic mass is 32.1. The molecule has 0 spiro atoms. The second-order valence-electron chi connectivity index (χ2n) is 9.16. The molecular weight excluding hydrogens is 486 g/mol. The Labute approximate surface area is 221 Å². The topological polar surface area (TPSA) is 56.5 Å². The van der Waals surface area contributed by atoms with Crippen LogP contribution in [-0.4, -0.2) is 24.5 Å². The Morgan fingerprint density at radius 2 is 1.18 bits per heavy atom. The summed E-state index contributed by atoms with van der Waals surface area (Å²) in [5, 5.41) is 4.76. The minimum Gasteiger partial charge on any atom is -0.278 e. The third-order valence-electron chi connectivity index (χ3n) is 6.94. The predicted octanol–water partition coefficient (Wildman–Crippen LogP) is 8.07. The van der Waals surface area contributed by atoms with Gasteiger partial charge in [0.05, 0.1) is 11.0 Å². The van der Waals surface area contributed by atoms with Gasteiger partial charge in [-0.15, -0.1) is 11.3 Å². The molecule has 38 heavy (non-hydrogen) atoms. The van der Waals surface area contributed by atoms with E-state index in [2.05, 4.69) is 52.0 Å². The van der Waals surface area contributed by atoms with Crippen molar-refractivity contribution >= 4 is 53.4 Å². The number of hydrogen-bond donors (Lipinski definition) is 0. The maximum Gasteiger partial charge on any atom is 0.238 e. The smallest absolute Gasteiger partial charge is 0.238 e. The van der Waals surface area contributed by atoms with Crippen LogP contribution >= 0.6 is 11.3 Å². The Hall–Kier alpha value is -4.94. The summed E-state index contributed by atoms with van der Waals surface area (Å²) in [5.41, 5.74) is 4.02. The second-order valence-corrected chi connectivity index (χ2v) is 10.2. The number of fused-ring (bicyclic) bond motifs is 7. The van der Waals surface area contributed by atoms with Gasteiger partial charge in [-0.25, -0.2) is 9.97 Å². The van der Waals surface area contributed by atoms with Crippen molar-refractivity contribution in [3.8, 4) is 28.7 Å². The van der Waals surface area contributed by atoms with Gasteiger partial charge in [-0.05, 0) is 30.3 Å². The van der Waals surface area contributed by atoms with E-state index in [1.807, 2.05) is 72.9 Å². The number of benzene rings is 4. The summed E-state index contributed by atoms with van der Waals surface area (Å²) in [4.78, 5) is 20.6. The molecule has 5 nitrogen and oxygen atoms in total. The van der Waals surface area contributed by atoms with Crippen LogP contribution in [0.25, 0.3) is 70.8 Å². The standard InChI is InChI=1S/C32H19N5S/c1-3-10-20(11-4-1)29-34-30(21-12-5-2-6-13-21)36-32(35-29)37-24-16-8-7-14-22(24)27-25(37)17-18-26-28(27)23-15-9-19-33-31(23)38-26/h1-19H. The van der Waals surface area contributed by atoms with E-state index in [0.29, 0.717) is 17.6 Å². The van der Waals surface area contributed by atoms with Crippen LogP contribution in [0.3, 0.4) is 0 Å². The van der Waals surface area contributed by atoms with Gasteiger partial charge in [0, 0.05) is 43.6 Å². The van der Waals surface area contributed by atoms with Crippen molar-refractivity contribution in [1.82, 2.24) is 24.5 Å². The molecule has 8 rings (SSSR count). The minimum absolute atomic E-state index is 0.598. The number of nitrogens with zero attached hydrogens (tertiary/aromatic N) is 5. The zero-order chi connectivity index (χ0) is 25.1. The van der Waals surface area contributed by atoms with Crippen molar-refractivity contribution in [2.75, 3.05) is 0 Å². The fourth-order valence-electron chi connectivity index (χ4n) is 5.27. The van der Waals surface area contributed by atoms with Gasteiger partial charge >= 0.3 is 0 Å². The van der Waals surface area contributed by atoms with Gasteiger partial charge in [-0.2, -0.15) is 9.97 Å². The van der Waals surface area contributed by atoms with E-state index >= 15 is 0 Å². The third kappa shape index (κ3) is 3.17. The molecule has 178 valence electrons. The first-order valence-corrected chi connectivity index (χ1v) is 13.2. The number of pyridine rings is 1. The molecule has 0 saturated heterocycles. The molecule has 0 saturated carbocycles. The fraction of sp³-hybridized carbons (Fsp3) is 0. The third-order valence-corrected chi connectivity index (χ3v) is 8.01. The summed E-state index contributed by atoms with van der Waals surface area (Å²) in [5.74, 6) is 1.89. The molecule has 0 bridgehead atoms. The molecule has 0 atom stereocenters. The van der Waals surface area contributed by atoms with Gasteiger partial charge in [0.25, 0.3) is 0 Å². The second kappa shape index (κ2) is 8.30. The predicted molar refractivity (Wildman–Crippen MR) is 156 cm³/mol. The van der Waals surface area contributed by atoms with Crippen molar-refractivity contribution in [2.45, 2.75) is 0 Å². The molecule has 4 heterocycles. The lowest BCUT2D eigenvalue weighted by Gasteiger charge is -2.10. The van der Waals surface area contributed by atoms with Crippen LogP contribution < -0.4 is 0 Å². The van der Waals surface area contributed by atoms with Gasteiger partial charge < -0.3 is 0 Å². The summed E-state index contributed by atoms with van der Waals surface area (Å²) in [6.07, 6.45) is 1.86. The van der Waals surface area contributed by atoms with Crippen LogP contribution in [0.15, 0.2) is 115 Å². The zero-order valence-electron chi connectivity index (χ0n) is 20.1. The Morgan fingerprint density at radius 3 is 1.92 bits per heavy atom. The molecule has 0 radical (unpaired) electrons. The normalized spacial score (nSPS) is 11.7. The Balaban J connectivity index is 1.51. The van der Waals surface area contributed by atoms with E-state index in [-0.39, 0.29) is 0 Å². The Kier molecular flexibility index (Phi) is 4.62. The van der Waals surface area contributed by atoms with Crippen LogP contribution in [0.2, 0.25) is 0 Å². The monoisotopic (exact) mass is 505 g/mol.